The van der Waals surface area contributed by atoms with Gasteiger partial charge in [0.1, 0.15) is 5.82 Å². The molecule has 0 spiro atoms. The minimum Gasteiger partial charge on any atom is -0.342 e. The monoisotopic (exact) mass is 899 g/mol. The number of imidazole rings is 5. The van der Waals surface area contributed by atoms with Crippen molar-refractivity contribution in [3.05, 3.63) is 138 Å². The first-order valence-electron chi connectivity index (χ1n) is 19.5. The van der Waals surface area contributed by atoms with Crippen LogP contribution in [0.2, 0.25) is 0 Å². The minimum atomic E-state index is -2.42. The topological polar surface area (TPSA) is 66.2 Å². The molecule has 0 amide bonds. The second kappa shape index (κ2) is 11.7. The maximum atomic E-state index is 8.22. The molecule has 6 aromatic heterocycles. The zero-order valence-corrected chi connectivity index (χ0v) is 32.9. The van der Waals surface area contributed by atoms with Crippen molar-refractivity contribution in [2.24, 2.45) is 6.98 Å². The number of pyridine rings is 1. The molecule has 0 fully saturated rings. The minimum absolute atomic E-state index is 0. The molecule has 55 heavy (non-hydrogen) atoms. The predicted molar refractivity (Wildman–Crippen MR) is 213 cm³/mol. The zero-order chi connectivity index (χ0) is 39.1. The molecule has 11 rings (SSSR count). The summed E-state index contributed by atoms with van der Waals surface area (Å²) in [6.07, 6.45) is 4.97. The van der Waals surface area contributed by atoms with Gasteiger partial charge >= 0.3 is 0 Å². The van der Waals surface area contributed by atoms with Crippen LogP contribution >= 0.6 is 0 Å². The molecule has 0 aliphatic rings. The van der Waals surface area contributed by atoms with Gasteiger partial charge in [-0.1, -0.05) is 80.7 Å². The van der Waals surface area contributed by atoms with Crippen LogP contribution in [-0.4, -0.2) is 37.5 Å². The zero-order valence-electron chi connectivity index (χ0n) is 33.7. The van der Waals surface area contributed by atoms with Gasteiger partial charge in [-0.2, -0.15) is 18.2 Å². The maximum absolute atomic E-state index is 8.22. The molecular formula is C45H35N9Pt-2. The number of aromatic nitrogens is 9. The van der Waals surface area contributed by atoms with Crippen molar-refractivity contribution < 1.29 is 29.7 Å². The number of aryl methyl sites for hydroxylation is 3. The summed E-state index contributed by atoms with van der Waals surface area (Å²) in [5.74, 6) is 2.20. The Labute approximate surface area is 335 Å². The van der Waals surface area contributed by atoms with Crippen LogP contribution in [-0.2, 0) is 33.5 Å². The largest absolute Gasteiger partial charge is 0.342 e. The maximum Gasteiger partial charge on any atom is 0.242 e. The molecule has 0 bridgehead atoms. The molecule has 9 nitrogen and oxygen atoms in total. The van der Waals surface area contributed by atoms with E-state index in [-0.39, 0.29) is 26.5 Å². The van der Waals surface area contributed by atoms with Gasteiger partial charge in [0.15, 0.2) is 0 Å². The molecule has 0 radical (unpaired) electrons. The normalized spacial score (nSPS) is 13.4. The third-order valence-electron chi connectivity index (χ3n) is 10.7. The average Bonchev–Trinajstić information content (AvgIpc) is 3.98. The van der Waals surface area contributed by atoms with E-state index in [1.165, 1.54) is 4.57 Å². The molecule has 0 unspecified atom stereocenters. The second-order valence-corrected chi connectivity index (χ2v) is 15.1. The van der Waals surface area contributed by atoms with Gasteiger partial charge < -0.3 is 22.5 Å². The summed E-state index contributed by atoms with van der Waals surface area (Å²) in [6.45, 7) is 8.36. The molecule has 0 saturated carbocycles. The third-order valence-corrected chi connectivity index (χ3v) is 10.7. The van der Waals surface area contributed by atoms with E-state index in [0.717, 1.165) is 72.4 Å². The fraction of sp³-hybridized carbons (Fsp3) is 0.156. The fourth-order valence-electron chi connectivity index (χ4n) is 8.01. The molecule has 0 N–H and O–H groups in total. The summed E-state index contributed by atoms with van der Waals surface area (Å²) in [7, 11) is 0. The summed E-state index contributed by atoms with van der Waals surface area (Å²) in [5, 5.41) is 0. The van der Waals surface area contributed by atoms with Gasteiger partial charge in [0.2, 0.25) is 17.9 Å². The van der Waals surface area contributed by atoms with E-state index in [0.29, 0.717) is 28.2 Å². The Kier molecular flexibility index (Phi) is 6.46. The summed E-state index contributed by atoms with van der Waals surface area (Å²) in [5.41, 5.74) is 13.1. The van der Waals surface area contributed by atoms with E-state index < -0.39 is 6.98 Å². The molecule has 0 aliphatic carbocycles. The average molecular weight is 900 g/mol. The van der Waals surface area contributed by atoms with Gasteiger partial charge in [-0.05, 0) is 82.3 Å². The Hall–Kier alpha value is -6.05. The molecule has 10 heteroatoms. The molecule has 0 aliphatic heterocycles. The Morgan fingerprint density at radius 3 is 1.96 bits per heavy atom. The number of rotatable bonds is 3. The van der Waals surface area contributed by atoms with Crippen LogP contribution in [0.3, 0.4) is 0 Å². The van der Waals surface area contributed by atoms with Crippen LogP contribution in [0.5, 0.6) is 0 Å². The summed E-state index contributed by atoms with van der Waals surface area (Å²) in [6, 6.07) is 39.7. The molecule has 6 heterocycles. The van der Waals surface area contributed by atoms with Gasteiger partial charge in [0, 0.05) is 27.3 Å². The SMILES string of the molecule is [2H]C([2H])([2H])[n+]1[c-]n(-c2[c-]c(-n3c4[c-]c5c(cc4n4c6cccc(C)c6nc34)n3c4cccc(C)c4nc3n5-c3cc(C(C)(C)C)ccn3)ccc2)c2ccccc21.[Pt]. The smallest absolute Gasteiger partial charge is 0.242 e. The van der Waals surface area contributed by atoms with Crippen LogP contribution in [0.15, 0.2) is 103 Å². The van der Waals surface area contributed by atoms with Gasteiger partial charge in [-0.3, -0.25) is 4.57 Å². The summed E-state index contributed by atoms with van der Waals surface area (Å²) < 4.78 is 36.2. The van der Waals surface area contributed by atoms with E-state index in [2.05, 4.69) is 126 Å². The number of nitrogens with zero attached hydrogens (tertiary/aromatic N) is 9. The number of benzene rings is 5. The van der Waals surface area contributed by atoms with Gasteiger partial charge in [-0.15, -0.1) is 18.2 Å². The van der Waals surface area contributed by atoms with Crippen molar-refractivity contribution in [2.45, 2.75) is 40.0 Å². The van der Waals surface area contributed by atoms with E-state index in [1.807, 2.05) is 42.6 Å². The molecule has 11 aromatic rings. The van der Waals surface area contributed by atoms with Crippen LogP contribution < -0.4 is 4.57 Å². The van der Waals surface area contributed by atoms with Crippen molar-refractivity contribution in [1.29, 1.82) is 0 Å². The van der Waals surface area contributed by atoms with Gasteiger partial charge in [0.25, 0.3) is 0 Å². The first-order valence-corrected chi connectivity index (χ1v) is 18.0. The van der Waals surface area contributed by atoms with Crippen LogP contribution in [0.1, 0.15) is 41.6 Å². The number of fused-ring (bicyclic) bond motifs is 11. The fourth-order valence-corrected chi connectivity index (χ4v) is 8.01. The first kappa shape index (κ1) is 30.3. The van der Waals surface area contributed by atoms with Crippen LogP contribution in [0, 0.1) is 32.3 Å². The molecule has 272 valence electrons. The predicted octanol–water partition coefficient (Wildman–Crippen LogP) is 8.65. The second-order valence-electron chi connectivity index (χ2n) is 15.1. The number of hydrogen-bond donors (Lipinski definition) is 0. The molecular weight excluding hydrogens is 862 g/mol. The molecule has 0 saturated heterocycles. The Bertz CT molecular complexity index is 3480. The van der Waals surface area contributed by atoms with Crippen molar-refractivity contribution in [2.75, 3.05) is 0 Å². The Morgan fingerprint density at radius 2 is 1.27 bits per heavy atom. The van der Waals surface area contributed by atoms with Crippen LogP contribution in [0.25, 0.3) is 83.9 Å². The van der Waals surface area contributed by atoms with E-state index in [9.17, 15) is 0 Å². The standard InChI is InChI=1S/C45H35N9.Pt/c1-27-12-9-18-34-41(27)47-43-51(31-15-11-14-30(23-31)50-26-49(6)32-16-7-8-17-33(32)50)36-24-39-38(25-37(36)52(34)43)53-35-19-10-13-28(2)42(35)48-44(53)54(39)40-22-29(20-21-46-40)45(3,4)5;/h7-22,25H,1-6H3;/q-2;/i6D3;. The van der Waals surface area contributed by atoms with E-state index in [1.54, 1.807) is 10.6 Å². The third kappa shape index (κ3) is 4.69. The van der Waals surface area contributed by atoms with Crippen LogP contribution in [0.4, 0.5) is 0 Å². The summed E-state index contributed by atoms with van der Waals surface area (Å²) in [4.78, 5) is 15.5. The van der Waals surface area contributed by atoms with Gasteiger partial charge in [0.05, 0.1) is 44.2 Å². The Balaban J connectivity index is 0.00000408. The van der Waals surface area contributed by atoms with Crippen molar-refractivity contribution in [1.82, 2.24) is 37.5 Å². The van der Waals surface area contributed by atoms with E-state index >= 15 is 0 Å². The van der Waals surface area contributed by atoms with E-state index in [4.69, 9.17) is 19.1 Å². The first-order chi connectivity index (χ1) is 27.4. The van der Waals surface area contributed by atoms with Crippen molar-refractivity contribution >= 4 is 66.7 Å². The quantitative estimate of drug-likeness (QED) is 0.132. The van der Waals surface area contributed by atoms with Gasteiger partial charge in [-0.25, -0.2) is 15.0 Å². The van der Waals surface area contributed by atoms with Crippen molar-refractivity contribution in [3.63, 3.8) is 0 Å². The molecule has 5 aromatic carbocycles. The summed E-state index contributed by atoms with van der Waals surface area (Å²) >= 11 is 0. The molecule has 0 atom stereocenters. The number of hydrogen-bond acceptors (Lipinski definition) is 3. The number of para-hydroxylation sites is 4. The van der Waals surface area contributed by atoms with Crippen molar-refractivity contribution in [3.8, 4) is 17.2 Å². The Morgan fingerprint density at radius 1 is 0.655 bits per heavy atom.